The molecule has 0 aliphatic rings. The minimum absolute atomic E-state index is 0.000290. The minimum Gasteiger partial charge on any atom is -0.458 e. The summed E-state index contributed by atoms with van der Waals surface area (Å²) in [5, 5.41) is 13.6. The molecule has 0 bridgehead atoms. The van der Waals surface area contributed by atoms with E-state index in [-0.39, 0.29) is 31.9 Å². The van der Waals surface area contributed by atoms with Crippen molar-refractivity contribution in [3.63, 3.8) is 0 Å². The van der Waals surface area contributed by atoms with Crippen LogP contribution in [0, 0.1) is 0 Å². The topological polar surface area (TPSA) is 114 Å². The summed E-state index contributed by atoms with van der Waals surface area (Å²) in [4.78, 5) is 35.7. The summed E-state index contributed by atoms with van der Waals surface area (Å²) >= 11 is 0. The van der Waals surface area contributed by atoms with Gasteiger partial charge in [0.1, 0.15) is 17.2 Å². The van der Waals surface area contributed by atoms with E-state index in [9.17, 15) is 14.4 Å². The molecule has 0 aromatic rings. The summed E-state index contributed by atoms with van der Waals surface area (Å²) < 4.78 is 10.4. The highest BCUT2D eigenvalue weighted by Crippen LogP contribution is 2.12. The molecule has 2 amide bonds. The first-order valence-corrected chi connectivity index (χ1v) is 7.94. The third-order valence-corrected chi connectivity index (χ3v) is 2.48. The van der Waals surface area contributed by atoms with Crippen LogP contribution in [0.5, 0.6) is 0 Å². The van der Waals surface area contributed by atoms with Crippen molar-refractivity contribution in [1.29, 1.82) is 0 Å². The van der Waals surface area contributed by atoms with E-state index in [2.05, 4.69) is 10.6 Å². The van der Waals surface area contributed by atoms with Crippen LogP contribution in [0.2, 0.25) is 0 Å². The number of amides is 2. The van der Waals surface area contributed by atoms with Crippen molar-refractivity contribution in [2.24, 2.45) is 0 Å². The fraction of sp³-hybridized carbons (Fsp3) is 0.812. The molecule has 0 saturated carbocycles. The van der Waals surface area contributed by atoms with Crippen LogP contribution < -0.4 is 10.6 Å². The van der Waals surface area contributed by atoms with Crippen LogP contribution in [0.3, 0.4) is 0 Å². The summed E-state index contributed by atoms with van der Waals surface area (Å²) in [6, 6.07) is -1.00. The molecule has 0 aromatic carbocycles. The van der Waals surface area contributed by atoms with Gasteiger partial charge >= 0.3 is 12.1 Å². The van der Waals surface area contributed by atoms with Crippen LogP contribution in [0.15, 0.2) is 0 Å². The molecule has 0 aromatic heterocycles. The fourth-order valence-electron chi connectivity index (χ4n) is 1.63. The number of nitrogens with one attached hydrogen (secondary N) is 2. The Kier molecular flexibility index (Phi) is 8.74. The van der Waals surface area contributed by atoms with Gasteiger partial charge in [-0.3, -0.25) is 4.79 Å². The Labute approximate surface area is 143 Å². The zero-order chi connectivity index (χ0) is 19.0. The number of carbonyl (C=O) groups excluding carboxylic acids is 3. The molecule has 0 aliphatic carbocycles. The summed E-state index contributed by atoms with van der Waals surface area (Å²) in [5.41, 5.74) is -1.43. The van der Waals surface area contributed by atoms with E-state index in [1.807, 2.05) is 0 Å². The Hall–Kier alpha value is -1.83. The molecule has 24 heavy (non-hydrogen) atoms. The molecule has 0 saturated heterocycles. The summed E-state index contributed by atoms with van der Waals surface area (Å²) in [6.45, 7) is 10.2. The SMILES string of the molecule is CC(C)(C)OC(=O)N[C@@H](CCC(=O)NCCO)C(=O)OC(C)(C)C. The van der Waals surface area contributed by atoms with Crippen LogP contribution in [0.25, 0.3) is 0 Å². The van der Waals surface area contributed by atoms with Crippen LogP contribution in [-0.2, 0) is 19.1 Å². The van der Waals surface area contributed by atoms with Gasteiger partial charge in [0.2, 0.25) is 5.91 Å². The first-order chi connectivity index (χ1) is 10.8. The Morgan fingerprint density at radius 3 is 2.00 bits per heavy atom. The summed E-state index contributed by atoms with van der Waals surface area (Å²) in [5.74, 6) is -0.966. The molecule has 0 aliphatic heterocycles. The molecule has 3 N–H and O–H groups in total. The third-order valence-electron chi connectivity index (χ3n) is 2.48. The smallest absolute Gasteiger partial charge is 0.408 e. The molecule has 0 rings (SSSR count). The number of alkyl carbamates (subject to hydrolysis) is 1. The van der Waals surface area contributed by atoms with E-state index in [1.54, 1.807) is 41.5 Å². The van der Waals surface area contributed by atoms with Crippen molar-refractivity contribution in [2.75, 3.05) is 13.2 Å². The predicted molar refractivity (Wildman–Crippen MR) is 88.3 cm³/mol. The van der Waals surface area contributed by atoms with E-state index < -0.39 is 29.3 Å². The zero-order valence-corrected chi connectivity index (χ0v) is 15.4. The van der Waals surface area contributed by atoms with E-state index >= 15 is 0 Å². The second-order valence-corrected chi connectivity index (χ2v) is 7.34. The molecule has 1 atom stereocenters. The van der Waals surface area contributed by atoms with Crippen molar-refractivity contribution < 1.29 is 29.0 Å². The Morgan fingerprint density at radius 1 is 1.00 bits per heavy atom. The van der Waals surface area contributed by atoms with Gasteiger partial charge in [-0.1, -0.05) is 0 Å². The standard InChI is InChI=1S/C16H30N2O6/c1-15(2,3)23-13(21)11(7-8-12(20)17-9-10-19)18-14(22)24-16(4,5)6/h11,19H,7-10H2,1-6H3,(H,17,20)(H,18,22)/t11-/m0/s1. The average Bonchev–Trinajstić information content (AvgIpc) is 2.36. The highest BCUT2D eigenvalue weighted by atomic mass is 16.6. The maximum Gasteiger partial charge on any atom is 0.408 e. The molecule has 0 radical (unpaired) electrons. The maximum absolute atomic E-state index is 12.2. The molecule has 0 heterocycles. The molecule has 0 fully saturated rings. The Bertz CT molecular complexity index is 437. The normalized spacial score (nSPS) is 13.0. The molecule has 8 heteroatoms. The van der Waals surface area contributed by atoms with E-state index in [0.29, 0.717) is 0 Å². The Balaban J connectivity index is 4.80. The minimum atomic E-state index is -1.00. The molecule has 8 nitrogen and oxygen atoms in total. The lowest BCUT2D eigenvalue weighted by Gasteiger charge is -2.26. The monoisotopic (exact) mass is 346 g/mol. The van der Waals surface area contributed by atoms with E-state index in [4.69, 9.17) is 14.6 Å². The molecular weight excluding hydrogens is 316 g/mol. The number of carbonyl (C=O) groups is 3. The van der Waals surface area contributed by atoms with E-state index in [1.165, 1.54) is 0 Å². The molecule has 0 unspecified atom stereocenters. The van der Waals surface area contributed by atoms with Gasteiger partial charge in [0.15, 0.2) is 0 Å². The number of rotatable bonds is 7. The van der Waals surface area contributed by atoms with Gasteiger partial charge in [-0.15, -0.1) is 0 Å². The van der Waals surface area contributed by atoms with Crippen LogP contribution in [0.4, 0.5) is 4.79 Å². The van der Waals surface area contributed by atoms with Gasteiger partial charge in [0, 0.05) is 13.0 Å². The summed E-state index contributed by atoms with van der Waals surface area (Å²) in [6.07, 6.45) is -0.695. The lowest BCUT2D eigenvalue weighted by atomic mass is 10.1. The molecule has 0 spiro atoms. The van der Waals surface area contributed by atoms with Gasteiger partial charge in [-0.05, 0) is 48.0 Å². The quantitative estimate of drug-likeness (QED) is 0.595. The van der Waals surface area contributed by atoms with Crippen molar-refractivity contribution in [3.8, 4) is 0 Å². The van der Waals surface area contributed by atoms with Gasteiger partial charge in [0.05, 0.1) is 6.61 Å². The Morgan fingerprint density at radius 2 is 1.54 bits per heavy atom. The van der Waals surface area contributed by atoms with Gasteiger partial charge < -0.3 is 25.2 Å². The number of ether oxygens (including phenoxy) is 2. The third kappa shape index (κ3) is 11.7. The maximum atomic E-state index is 12.2. The number of aliphatic hydroxyl groups is 1. The van der Waals surface area contributed by atoms with Crippen LogP contribution >= 0.6 is 0 Å². The molecule has 140 valence electrons. The first kappa shape index (κ1) is 22.2. The largest absolute Gasteiger partial charge is 0.458 e. The number of aliphatic hydroxyl groups excluding tert-OH is 1. The van der Waals surface area contributed by atoms with Crippen molar-refractivity contribution in [2.45, 2.75) is 71.6 Å². The van der Waals surface area contributed by atoms with Crippen LogP contribution in [0.1, 0.15) is 54.4 Å². The van der Waals surface area contributed by atoms with Crippen LogP contribution in [-0.4, -0.2) is 53.5 Å². The van der Waals surface area contributed by atoms with Crippen molar-refractivity contribution in [1.82, 2.24) is 10.6 Å². The highest BCUT2D eigenvalue weighted by Gasteiger charge is 2.29. The fourth-order valence-corrected chi connectivity index (χ4v) is 1.63. The first-order valence-electron chi connectivity index (χ1n) is 7.94. The number of hydrogen-bond acceptors (Lipinski definition) is 6. The number of hydrogen-bond donors (Lipinski definition) is 3. The summed E-state index contributed by atoms with van der Waals surface area (Å²) in [7, 11) is 0. The molecular formula is C16H30N2O6. The number of esters is 1. The lowest BCUT2D eigenvalue weighted by Crippen LogP contribution is -2.46. The van der Waals surface area contributed by atoms with E-state index in [0.717, 1.165) is 0 Å². The lowest BCUT2D eigenvalue weighted by molar-refractivity contribution is -0.157. The predicted octanol–water partition coefficient (Wildman–Crippen LogP) is 1.11. The van der Waals surface area contributed by atoms with Gasteiger partial charge in [-0.25, -0.2) is 9.59 Å². The second kappa shape index (κ2) is 9.46. The zero-order valence-electron chi connectivity index (χ0n) is 15.4. The second-order valence-electron chi connectivity index (χ2n) is 7.34. The van der Waals surface area contributed by atoms with Gasteiger partial charge in [0.25, 0.3) is 0 Å². The van der Waals surface area contributed by atoms with Crippen molar-refractivity contribution >= 4 is 18.0 Å². The average molecular weight is 346 g/mol. The van der Waals surface area contributed by atoms with Gasteiger partial charge in [-0.2, -0.15) is 0 Å². The van der Waals surface area contributed by atoms with Crippen molar-refractivity contribution in [3.05, 3.63) is 0 Å². The highest BCUT2D eigenvalue weighted by molar-refractivity contribution is 5.83.